The number of carbonyl (C=O) groups excluding carboxylic acids is 3. The van der Waals surface area contributed by atoms with Crippen LogP contribution in [0.4, 0.5) is 0 Å². The first-order chi connectivity index (χ1) is 13.0. The van der Waals surface area contributed by atoms with Crippen LogP contribution in [0.1, 0.15) is 30.9 Å². The Morgan fingerprint density at radius 2 is 1.48 bits per heavy atom. The number of carbonyl (C=O) groups is 3. The number of ether oxygens (including phenoxy) is 1. The Morgan fingerprint density at radius 1 is 0.889 bits per heavy atom. The Morgan fingerprint density at radius 3 is 2.07 bits per heavy atom. The number of rotatable bonds is 10. The van der Waals surface area contributed by atoms with E-state index in [4.69, 9.17) is 4.74 Å². The lowest BCUT2D eigenvalue weighted by atomic mass is 9.94. The van der Waals surface area contributed by atoms with Crippen LogP contribution in [-0.4, -0.2) is 22.6 Å². The molecule has 0 aliphatic carbocycles. The van der Waals surface area contributed by atoms with Gasteiger partial charge >= 0.3 is 5.97 Å². The van der Waals surface area contributed by atoms with Crippen LogP contribution in [0.5, 0.6) is 0 Å². The molecule has 0 heterocycles. The third-order valence-electron chi connectivity index (χ3n) is 4.09. The van der Waals surface area contributed by atoms with Crippen molar-refractivity contribution in [1.29, 1.82) is 0 Å². The third-order valence-corrected chi connectivity index (χ3v) is 5.06. The van der Waals surface area contributed by atoms with Crippen LogP contribution in [0, 0.1) is 5.92 Å². The zero-order chi connectivity index (χ0) is 19.5. The lowest BCUT2D eigenvalue weighted by Gasteiger charge is -2.15. The van der Waals surface area contributed by atoms with Gasteiger partial charge in [0, 0.05) is 25.0 Å². The van der Waals surface area contributed by atoms with Crippen molar-refractivity contribution in [2.75, 3.05) is 5.75 Å². The van der Waals surface area contributed by atoms with E-state index >= 15 is 0 Å². The molecule has 0 bridgehead atoms. The molecule has 2 aromatic carbocycles. The van der Waals surface area contributed by atoms with Crippen molar-refractivity contribution >= 4 is 28.6 Å². The van der Waals surface area contributed by atoms with Crippen LogP contribution in [-0.2, 0) is 32.1 Å². The van der Waals surface area contributed by atoms with Crippen molar-refractivity contribution in [3.05, 3.63) is 71.8 Å². The van der Waals surface area contributed by atoms with E-state index in [0.717, 1.165) is 22.9 Å². The second-order valence-electron chi connectivity index (χ2n) is 6.30. The summed E-state index contributed by atoms with van der Waals surface area (Å²) in [5, 5.41) is -0.0110. The molecule has 0 aromatic heterocycles. The molecule has 0 saturated heterocycles. The van der Waals surface area contributed by atoms with Crippen molar-refractivity contribution in [3.8, 4) is 0 Å². The second-order valence-corrected chi connectivity index (χ2v) is 7.50. The van der Waals surface area contributed by atoms with E-state index < -0.39 is 0 Å². The SMILES string of the molecule is CC(=O)SC[C@H](Cc1ccccc1)C(=O)CCC(=O)OCc1ccccc1. The van der Waals surface area contributed by atoms with Crippen LogP contribution >= 0.6 is 11.8 Å². The zero-order valence-electron chi connectivity index (χ0n) is 15.4. The molecular formula is C22H24O4S. The van der Waals surface area contributed by atoms with E-state index in [2.05, 4.69) is 0 Å². The minimum Gasteiger partial charge on any atom is -0.461 e. The lowest BCUT2D eigenvalue weighted by Crippen LogP contribution is -2.21. The number of thioether (sulfide) groups is 1. The highest BCUT2D eigenvalue weighted by molar-refractivity contribution is 8.13. The van der Waals surface area contributed by atoms with Gasteiger partial charge in [-0.1, -0.05) is 72.4 Å². The smallest absolute Gasteiger partial charge is 0.306 e. The molecule has 1 atom stereocenters. The van der Waals surface area contributed by atoms with E-state index in [0.29, 0.717) is 12.2 Å². The quantitative estimate of drug-likeness (QED) is 0.574. The van der Waals surface area contributed by atoms with Crippen LogP contribution in [0.25, 0.3) is 0 Å². The van der Waals surface area contributed by atoms with Crippen LogP contribution in [0.15, 0.2) is 60.7 Å². The van der Waals surface area contributed by atoms with Gasteiger partial charge in [-0.2, -0.15) is 0 Å². The van der Waals surface area contributed by atoms with Crippen LogP contribution in [0.2, 0.25) is 0 Å². The van der Waals surface area contributed by atoms with Gasteiger partial charge in [0.05, 0.1) is 6.42 Å². The van der Waals surface area contributed by atoms with E-state index in [1.54, 1.807) is 0 Å². The highest BCUT2D eigenvalue weighted by Gasteiger charge is 2.21. The zero-order valence-corrected chi connectivity index (χ0v) is 16.2. The highest BCUT2D eigenvalue weighted by Crippen LogP contribution is 2.18. The minimum atomic E-state index is -0.384. The first kappa shape index (κ1) is 20.9. The topological polar surface area (TPSA) is 60.4 Å². The van der Waals surface area contributed by atoms with Gasteiger partial charge in [-0.25, -0.2) is 0 Å². The summed E-state index contributed by atoms with van der Waals surface area (Å²) in [6.07, 6.45) is 0.754. The molecule has 27 heavy (non-hydrogen) atoms. The van der Waals surface area contributed by atoms with Crippen molar-refractivity contribution in [3.63, 3.8) is 0 Å². The number of hydrogen-bond acceptors (Lipinski definition) is 5. The second kappa shape index (κ2) is 11.3. The van der Waals surface area contributed by atoms with Gasteiger partial charge in [0.2, 0.25) is 0 Å². The van der Waals surface area contributed by atoms with Crippen molar-refractivity contribution in [2.45, 2.75) is 32.8 Å². The summed E-state index contributed by atoms with van der Waals surface area (Å²) in [6.45, 7) is 1.71. The summed E-state index contributed by atoms with van der Waals surface area (Å²) in [5.74, 6) is -0.250. The molecule has 5 heteroatoms. The fourth-order valence-electron chi connectivity index (χ4n) is 2.62. The third kappa shape index (κ3) is 8.22. The highest BCUT2D eigenvalue weighted by atomic mass is 32.2. The molecule has 0 radical (unpaired) electrons. The maximum atomic E-state index is 12.6. The number of esters is 1. The molecule has 2 rings (SSSR count). The van der Waals surface area contributed by atoms with Crippen LogP contribution in [0.3, 0.4) is 0 Å². The Bertz CT molecular complexity index is 743. The largest absolute Gasteiger partial charge is 0.461 e. The summed E-state index contributed by atoms with van der Waals surface area (Å²) < 4.78 is 5.22. The van der Waals surface area contributed by atoms with Gasteiger partial charge in [-0.05, 0) is 17.5 Å². The standard InChI is InChI=1S/C22H24O4S/c1-17(23)27-16-20(14-18-8-4-2-5-9-18)21(24)12-13-22(25)26-15-19-10-6-3-7-11-19/h2-11,20H,12-16H2,1H3/t20-/m0/s1. The molecular weight excluding hydrogens is 360 g/mol. The molecule has 0 amide bonds. The monoisotopic (exact) mass is 384 g/mol. The molecule has 4 nitrogen and oxygen atoms in total. The summed E-state index contributed by atoms with van der Waals surface area (Å²) in [6, 6.07) is 19.1. The fraction of sp³-hybridized carbons (Fsp3) is 0.318. The molecule has 0 unspecified atom stereocenters. The van der Waals surface area contributed by atoms with Crippen LogP contribution < -0.4 is 0 Å². The first-order valence-electron chi connectivity index (χ1n) is 8.94. The van der Waals surface area contributed by atoms with Crippen molar-refractivity contribution < 1.29 is 19.1 Å². The molecule has 2 aromatic rings. The number of benzene rings is 2. The van der Waals surface area contributed by atoms with Gasteiger partial charge in [-0.3, -0.25) is 14.4 Å². The molecule has 0 saturated carbocycles. The van der Waals surface area contributed by atoms with E-state index in [1.165, 1.54) is 6.92 Å². The average Bonchev–Trinajstić information content (AvgIpc) is 2.69. The normalized spacial score (nSPS) is 11.6. The first-order valence-corrected chi connectivity index (χ1v) is 9.92. The summed E-state index contributed by atoms with van der Waals surface area (Å²) in [5.41, 5.74) is 1.96. The Hall–Kier alpha value is -2.40. The molecule has 0 aliphatic heterocycles. The Labute approximate surface area is 164 Å². The summed E-state index contributed by atoms with van der Waals surface area (Å²) in [4.78, 5) is 35.8. The van der Waals surface area contributed by atoms with Gasteiger partial charge in [0.1, 0.15) is 12.4 Å². The van der Waals surface area contributed by atoms with Gasteiger partial charge in [0.15, 0.2) is 5.12 Å². The Kier molecular flexibility index (Phi) is 8.78. The lowest BCUT2D eigenvalue weighted by molar-refractivity contribution is -0.146. The summed E-state index contributed by atoms with van der Waals surface area (Å²) >= 11 is 1.15. The van der Waals surface area contributed by atoms with Gasteiger partial charge in [-0.15, -0.1) is 0 Å². The maximum Gasteiger partial charge on any atom is 0.306 e. The predicted molar refractivity (Wildman–Crippen MR) is 107 cm³/mol. The molecule has 0 fully saturated rings. The van der Waals surface area contributed by atoms with Crippen molar-refractivity contribution in [2.24, 2.45) is 5.92 Å². The summed E-state index contributed by atoms with van der Waals surface area (Å²) in [7, 11) is 0. The van der Waals surface area contributed by atoms with Gasteiger partial charge in [0.25, 0.3) is 0 Å². The molecule has 0 N–H and O–H groups in total. The molecule has 0 aliphatic rings. The Balaban J connectivity index is 1.84. The maximum absolute atomic E-state index is 12.6. The van der Waals surface area contributed by atoms with Gasteiger partial charge < -0.3 is 4.74 Å². The predicted octanol–water partition coefficient (Wildman–Crippen LogP) is 4.22. The van der Waals surface area contributed by atoms with E-state index in [1.807, 2.05) is 60.7 Å². The number of Topliss-reactive ketones (excluding diaryl/α,β-unsaturated/α-hetero) is 1. The number of ketones is 1. The molecule has 142 valence electrons. The van der Waals surface area contributed by atoms with E-state index in [9.17, 15) is 14.4 Å². The fourth-order valence-corrected chi connectivity index (χ4v) is 3.36. The molecule has 0 spiro atoms. The van der Waals surface area contributed by atoms with Crippen molar-refractivity contribution in [1.82, 2.24) is 0 Å². The minimum absolute atomic E-state index is 0.00994. The van der Waals surface area contributed by atoms with E-state index in [-0.39, 0.29) is 42.2 Å². The average molecular weight is 384 g/mol. The number of hydrogen-bond donors (Lipinski definition) is 0.